The SMILES string of the molecule is Cc1cc2ccc(Br)nc2s1. The van der Waals surface area contributed by atoms with Gasteiger partial charge in [0.05, 0.1) is 0 Å². The van der Waals surface area contributed by atoms with Crippen LogP contribution in [0.5, 0.6) is 0 Å². The van der Waals surface area contributed by atoms with E-state index in [0.29, 0.717) is 0 Å². The minimum atomic E-state index is 0.909. The third kappa shape index (κ3) is 1.30. The van der Waals surface area contributed by atoms with Gasteiger partial charge in [-0.25, -0.2) is 4.98 Å². The van der Waals surface area contributed by atoms with Crippen LogP contribution in [0.1, 0.15) is 4.88 Å². The summed E-state index contributed by atoms with van der Waals surface area (Å²) in [5, 5.41) is 1.23. The summed E-state index contributed by atoms with van der Waals surface area (Å²) in [6.07, 6.45) is 0. The maximum Gasteiger partial charge on any atom is 0.124 e. The molecule has 11 heavy (non-hydrogen) atoms. The summed E-state index contributed by atoms with van der Waals surface area (Å²) in [6, 6.07) is 6.20. The van der Waals surface area contributed by atoms with Crippen molar-refractivity contribution in [2.45, 2.75) is 6.92 Å². The van der Waals surface area contributed by atoms with Crippen molar-refractivity contribution in [2.75, 3.05) is 0 Å². The summed E-state index contributed by atoms with van der Waals surface area (Å²) in [5.41, 5.74) is 0. The smallest absolute Gasteiger partial charge is 0.124 e. The molecule has 0 aliphatic rings. The lowest BCUT2D eigenvalue weighted by molar-refractivity contribution is 1.38. The summed E-state index contributed by atoms with van der Waals surface area (Å²) in [4.78, 5) is 6.75. The average Bonchev–Trinajstić information content (AvgIpc) is 2.27. The Balaban J connectivity index is 2.82. The first kappa shape index (κ1) is 7.25. The molecule has 0 saturated carbocycles. The standard InChI is InChI=1S/C8H6BrNS/c1-5-4-6-2-3-7(9)10-8(6)11-5/h2-4H,1H3. The molecule has 1 nitrogen and oxygen atoms in total. The van der Waals surface area contributed by atoms with Crippen LogP contribution >= 0.6 is 27.3 Å². The fourth-order valence-electron chi connectivity index (χ4n) is 1.02. The van der Waals surface area contributed by atoms with Crippen molar-refractivity contribution in [1.29, 1.82) is 0 Å². The number of hydrogen-bond donors (Lipinski definition) is 0. The number of halogens is 1. The number of nitrogens with zero attached hydrogens (tertiary/aromatic N) is 1. The molecule has 0 amide bonds. The molecule has 0 atom stereocenters. The van der Waals surface area contributed by atoms with Gasteiger partial charge in [0.15, 0.2) is 0 Å². The second kappa shape index (κ2) is 2.57. The first-order valence-electron chi connectivity index (χ1n) is 3.28. The van der Waals surface area contributed by atoms with E-state index in [2.05, 4.69) is 40.0 Å². The van der Waals surface area contributed by atoms with E-state index in [1.54, 1.807) is 11.3 Å². The lowest BCUT2D eigenvalue weighted by Gasteiger charge is -1.87. The van der Waals surface area contributed by atoms with Crippen molar-refractivity contribution in [1.82, 2.24) is 4.98 Å². The van der Waals surface area contributed by atoms with E-state index in [4.69, 9.17) is 0 Å². The van der Waals surface area contributed by atoms with Crippen LogP contribution in [-0.4, -0.2) is 4.98 Å². The molecule has 0 saturated heterocycles. The highest BCUT2D eigenvalue weighted by molar-refractivity contribution is 9.10. The molecule has 0 bridgehead atoms. The zero-order chi connectivity index (χ0) is 7.84. The zero-order valence-corrected chi connectivity index (χ0v) is 8.37. The van der Waals surface area contributed by atoms with Crippen molar-refractivity contribution >= 4 is 37.5 Å². The number of thiophene rings is 1. The largest absolute Gasteiger partial charge is 0.230 e. The highest BCUT2D eigenvalue weighted by atomic mass is 79.9. The summed E-state index contributed by atoms with van der Waals surface area (Å²) in [5.74, 6) is 0. The van der Waals surface area contributed by atoms with Crippen LogP contribution in [0.2, 0.25) is 0 Å². The van der Waals surface area contributed by atoms with E-state index in [9.17, 15) is 0 Å². The fourth-order valence-corrected chi connectivity index (χ4v) is 2.33. The van der Waals surface area contributed by atoms with Gasteiger partial charge in [0.1, 0.15) is 9.43 Å². The van der Waals surface area contributed by atoms with E-state index < -0.39 is 0 Å². The van der Waals surface area contributed by atoms with Gasteiger partial charge in [-0.2, -0.15) is 0 Å². The monoisotopic (exact) mass is 227 g/mol. The zero-order valence-electron chi connectivity index (χ0n) is 5.97. The molecule has 0 spiro atoms. The lowest BCUT2D eigenvalue weighted by atomic mass is 10.3. The third-order valence-electron chi connectivity index (χ3n) is 1.47. The maximum absolute atomic E-state index is 4.33. The number of pyridine rings is 1. The molecule has 0 fully saturated rings. The molecule has 0 N–H and O–H groups in total. The quantitative estimate of drug-likeness (QED) is 0.630. The summed E-state index contributed by atoms with van der Waals surface area (Å²) >= 11 is 5.06. The number of aryl methyl sites for hydroxylation is 1. The maximum atomic E-state index is 4.33. The van der Waals surface area contributed by atoms with Gasteiger partial charge in [-0.3, -0.25) is 0 Å². The molecule has 0 aliphatic carbocycles. The molecule has 0 aromatic carbocycles. The van der Waals surface area contributed by atoms with Gasteiger partial charge in [0.25, 0.3) is 0 Å². The van der Waals surface area contributed by atoms with Gasteiger partial charge < -0.3 is 0 Å². The molecular weight excluding hydrogens is 222 g/mol. The van der Waals surface area contributed by atoms with Crippen LogP contribution in [0.3, 0.4) is 0 Å². The molecular formula is C8H6BrNS. The number of aromatic nitrogens is 1. The van der Waals surface area contributed by atoms with Gasteiger partial charge in [0, 0.05) is 10.3 Å². The Kier molecular flexibility index (Phi) is 1.69. The van der Waals surface area contributed by atoms with Crippen molar-refractivity contribution < 1.29 is 0 Å². The minimum absolute atomic E-state index is 0.909. The van der Waals surface area contributed by atoms with E-state index >= 15 is 0 Å². The molecule has 2 heterocycles. The Labute approximate surface area is 77.2 Å². The number of hydrogen-bond acceptors (Lipinski definition) is 2. The van der Waals surface area contributed by atoms with Crippen molar-refractivity contribution in [3.05, 3.63) is 27.7 Å². The molecule has 2 aromatic rings. The van der Waals surface area contributed by atoms with Crippen molar-refractivity contribution in [3.8, 4) is 0 Å². The molecule has 0 unspecified atom stereocenters. The molecule has 56 valence electrons. The summed E-state index contributed by atoms with van der Waals surface area (Å²) in [7, 11) is 0. The van der Waals surface area contributed by atoms with Gasteiger partial charge in [0.2, 0.25) is 0 Å². The minimum Gasteiger partial charge on any atom is -0.230 e. The second-order valence-electron chi connectivity index (χ2n) is 2.39. The molecule has 0 radical (unpaired) electrons. The van der Waals surface area contributed by atoms with Gasteiger partial charge >= 0.3 is 0 Å². The van der Waals surface area contributed by atoms with Crippen LogP contribution in [-0.2, 0) is 0 Å². The highest BCUT2D eigenvalue weighted by Crippen LogP contribution is 2.24. The second-order valence-corrected chi connectivity index (χ2v) is 4.43. The van der Waals surface area contributed by atoms with E-state index in [1.165, 1.54) is 10.3 Å². The summed E-state index contributed by atoms with van der Waals surface area (Å²) in [6.45, 7) is 2.10. The van der Waals surface area contributed by atoms with Crippen LogP contribution in [0.15, 0.2) is 22.8 Å². The summed E-state index contributed by atoms with van der Waals surface area (Å²) < 4.78 is 0.909. The van der Waals surface area contributed by atoms with E-state index in [0.717, 1.165) is 9.43 Å². The topological polar surface area (TPSA) is 12.9 Å². The molecule has 0 aliphatic heterocycles. The Morgan fingerprint density at radius 3 is 3.09 bits per heavy atom. The third-order valence-corrected chi connectivity index (χ3v) is 2.87. The van der Waals surface area contributed by atoms with Gasteiger partial charge in [-0.05, 0) is 41.1 Å². The van der Waals surface area contributed by atoms with Crippen LogP contribution in [0, 0.1) is 6.92 Å². The Morgan fingerprint density at radius 1 is 1.45 bits per heavy atom. The highest BCUT2D eigenvalue weighted by Gasteiger charge is 1.98. The van der Waals surface area contributed by atoms with Crippen molar-refractivity contribution in [3.63, 3.8) is 0 Å². The molecule has 2 aromatic heterocycles. The van der Waals surface area contributed by atoms with E-state index in [-0.39, 0.29) is 0 Å². The van der Waals surface area contributed by atoms with Gasteiger partial charge in [-0.1, -0.05) is 0 Å². The first-order valence-corrected chi connectivity index (χ1v) is 4.89. The number of fused-ring (bicyclic) bond motifs is 1. The Hall–Kier alpha value is -0.410. The van der Waals surface area contributed by atoms with E-state index in [1.807, 2.05) is 6.07 Å². The van der Waals surface area contributed by atoms with Gasteiger partial charge in [-0.15, -0.1) is 11.3 Å². The number of rotatable bonds is 0. The normalized spacial score (nSPS) is 10.7. The predicted octanol–water partition coefficient (Wildman–Crippen LogP) is 3.37. The molecule has 2 rings (SSSR count). The van der Waals surface area contributed by atoms with Crippen LogP contribution in [0.4, 0.5) is 0 Å². The Morgan fingerprint density at radius 2 is 2.27 bits per heavy atom. The lowest BCUT2D eigenvalue weighted by Crippen LogP contribution is -1.70. The van der Waals surface area contributed by atoms with Crippen molar-refractivity contribution in [2.24, 2.45) is 0 Å². The Bertz CT molecular complexity index is 394. The average molecular weight is 228 g/mol. The molecule has 3 heteroatoms. The van der Waals surface area contributed by atoms with Crippen LogP contribution < -0.4 is 0 Å². The van der Waals surface area contributed by atoms with Crippen LogP contribution in [0.25, 0.3) is 10.2 Å². The predicted molar refractivity (Wildman–Crippen MR) is 52.1 cm³/mol. The fraction of sp³-hybridized carbons (Fsp3) is 0.125. The first-order chi connectivity index (χ1) is 5.25.